The molecule has 0 unspecified atom stereocenters. The Kier molecular flexibility index (Phi) is 3.92. The Morgan fingerprint density at radius 1 is 1.28 bits per heavy atom. The van der Waals surface area contributed by atoms with Crippen LogP contribution in [0.3, 0.4) is 0 Å². The van der Waals surface area contributed by atoms with E-state index in [4.69, 9.17) is 0 Å². The van der Waals surface area contributed by atoms with Crippen LogP contribution >= 0.6 is 11.8 Å². The third-order valence-corrected chi connectivity index (χ3v) is 4.94. The third kappa shape index (κ3) is 2.73. The van der Waals surface area contributed by atoms with Gasteiger partial charge < -0.3 is 0 Å². The second kappa shape index (κ2) is 5.64. The Morgan fingerprint density at radius 3 is 3.11 bits per heavy atom. The Bertz CT molecular complexity index is 407. The molecule has 3 rings (SSSR count). The number of hydrogen-bond acceptors (Lipinski definition) is 3. The minimum atomic E-state index is 0.836. The predicted octanol–water partition coefficient (Wildman–Crippen LogP) is 2.69. The summed E-state index contributed by atoms with van der Waals surface area (Å²) in [6, 6.07) is 9.82. The Labute approximate surface area is 114 Å². The van der Waals surface area contributed by atoms with Gasteiger partial charge in [-0.1, -0.05) is 12.1 Å². The van der Waals surface area contributed by atoms with Crippen molar-refractivity contribution in [3.63, 3.8) is 0 Å². The molecule has 0 spiro atoms. The molecule has 0 bridgehead atoms. The van der Waals surface area contributed by atoms with Crippen LogP contribution in [0, 0.1) is 0 Å². The van der Waals surface area contributed by atoms with Gasteiger partial charge in [0.2, 0.25) is 0 Å². The number of nitrogens with zero attached hydrogens (tertiary/aromatic N) is 2. The summed E-state index contributed by atoms with van der Waals surface area (Å²) in [6.07, 6.45) is 4.96. The van der Waals surface area contributed by atoms with E-state index in [1.54, 1.807) is 0 Å². The van der Waals surface area contributed by atoms with Gasteiger partial charge in [0.25, 0.3) is 0 Å². The fourth-order valence-electron chi connectivity index (χ4n) is 3.23. The molecule has 98 valence electrons. The first-order chi connectivity index (χ1) is 8.85. The normalized spacial score (nSPS) is 25.3. The van der Waals surface area contributed by atoms with Gasteiger partial charge in [0.1, 0.15) is 0 Å². The number of piperazine rings is 1. The van der Waals surface area contributed by atoms with Gasteiger partial charge in [-0.05, 0) is 43.3 Å². The highest BCUT2D eigenvalue weighted by Gasteiger charge is 2.30. The van der Waals surface area contributed by atoms with E-state index in [1.165, 1.54) is 49.5 Å². The summed E-state index contributed by atoms with van der Waals surface area (Å²) < 4.78 is 0. The lowest BCUT2D eigenvalue weighted by Crippen LogP contribution is -2.49. The average molecular weight is 262 g/mol. The van der Waals surface area contributed by atoms with Gasteiger partial charge in [-0.2, -0.15) is 0 Å². The minimum absolute atomic E-state index is 0.836. The molecule has 0 N–H and O–H groups in total. The average Bonchev–Trinajstić information content (AvgIpc) is 2.86. The van der Waals surface area contributed by atoms with Crippen LogP contribution in [0.5, 0.6) is 0 Å². The van der Waals surface area contributed by atoms with Crippen molar-refractivity contribution in [1.82, 2.24) is 9.80 Å². The topological polar surface area (TPSA) is 6.48 Å². The van der Waals surface area contributed by atoms with Crippen molar-refractivity contribution < 1.29 is 0 Å². The monoisotopic (exact) mass is 262 g/mol. The molecule has 2 fully saturated rings. The van der Waals surface area contributed by atoms with E-state index in [-0.39, 0.29) is 0 Å². The van der Waals surface area contributed by atoms with Gasteiger partial charge in [0.05, 0.1) is 0 Å². The molecule has 0 radical (unpaired) electrons. The summed E-state index contributed by atoms with van der Waals surface area (Å²) in [5.41, 5.74) is 1.47. The lowest BCUT2D eigenvalue weighted by molar-refractivity contribution is 0.0993. The zero-order chi connectivity index (χ0) is 12.4. The maximum absolute atomic E-state index is 2.68. The zero-order valence-electron chi connectivity index (χ0n) is 11.1. The first-order valence-corrected chi connectivity index (χ1v) is 8.17. The summed E-state index contributed by atoms with van der Waals surface area (Å²) in [5, 5.41) is 0. The van der Waals surface area contributed by atoms with Crippen molar-refractivity contribution in [2.45, 2.75) is 30.3 Å². The van der Waals surface area contributed by atoms with E-state index >= 15 is 0 Å². The standard InChI is InChI=1S/C15H22N2S/c1-18-15-6-2-4-13(10-15)11-16-8-9-17-7-3-5-14(17)12-16/h2,4,6,10,14H,3,5,7-9,11-12H2,1H3/t14-/m0/s1. The van der Waals surface area contributed by atoms with Crippen molar-refractivity contribution >= 4 is 11.8 Å². The van der Waals surface area contributed by atoms with Crippen molar-refractivity contribution in [1.29, 1.82) is 0 Å². The molecule has 2 heterocycles. The fourth-order valence-corrected chi connectivity index (χ4v) is 3.71. The van der Waals surface area contributed by atoms with Crippen molar-refractivity contribution in [2.75, 3.05) is 32.4 Å². The molecule has 2 nitrogen and oxygen atoms in total. The summed E-state index contributed by atoms with van der Waals surface area (Å²) in [4.78, 5) is 6.69. The third-order valence-electron chi connectivity index (χ3n) is 4.21. The first kappa shape index (κ1) is 12.5. The molecule has 2 aliphatic heterocycles. The molecule has 2 aliphatic rings. The molecule has 3 heteroatoms. The second-order valence-electron chi connectivity index (χ2n) is 5.42. The fraction of sp³-hybridized carbons (Fsp3) is 0.600. The van der Waals surface area contributed by atoms with E-state index < -0.39 is 0 Å². The zero-order valence-corrected chi connectivity index (χ0v) is 12.0. The van der Waals surface area contributed by atoms with Crippen LogP contribution in [-0.2, 0) is 6.54 Å². The Morgan fingerprint density at radius 2 is 2.22 bits per heavy atom. The first-order valence-electron chi connectivity index (χ1n) is 6.94. The van der Waals surface area contributed by atoms with E-state index in [0.717, 1.165) is 12.6 Å². The van der Waals surface area contributed by atoms with E-state index in [2.05, 4.69) is 40.3 Å². The number of hydrogen-bond donors (Lipinski definition) is 0. The molecule has 2 saturated heterocycles. The van der Waals surface area contributed by atoms with Crippen LogP contribution in [-0.4, -0.2) is 48.3 Å². The quantitative estimate of drug-likeness (QED) is 0.773. The molecular formula is C15H22N2S. The van der Waals surface area contributed by atoms with Crippen LogP contribution < -0.4 is 0 Å². The molecule has 0 saturated carbocycles. The van der Waals surface area contributed by atoms with Crippen LogP contribution in [0.4, 0.5) is 0 Å². The molecule has 1 aromatic carbocycles. The Hall–Kier alpha value is -0.510. The van der Waals surface area contributed by atoms with E-state index in [9.17, 15) is 0 Å². The second-order valence-corrected chi connectivity index (χ2v) is 6.30. The summed E-state index contributed by atoms with van der Waals surface area (Å²) in [5.74, 6) is 0. The lowest BCUT2D eigenvalue weighted by Gasteiger charge is -2.37. The molecular weight excluding hydrogens is 240 g/mol. The smallest absolute Gasteiger partial charge is 0.0235 e. The SMILES string of the molecule is CSc1cccc(CN2CCN3CCC[C@H]3C2)c1. The van der Waals surface area contributed by atoms with Gasteiger partial charge in [-0.3, -0.25) is 9.80 Å². The summed E-state index contributed by atoms with van der Waals surface area (Å²) >= 11 is 1.83. The van der Waals surface area contributed by atoms with Gasteiger partial charge in [-0.15, -0.1) is 11.8 Å². The number of fused-ring (bicyclic) bond motifs is 1. The number of thioether (sulfide) groups is 1. The van der Waals surface area contributed by atoms with Crippen LogP contribution in [0.15, 0.2) is 29.2 Å². The van der Waals surface area contributed by atoms with Crippen LogP contribution in [0.25, 0.3) is 0 Å². The largest absolute Gasteiger partial charge is 0.298 e. The van der Waals surface area contributed by atoms with Crippen molar-refractivity contribution in [2.24, 2.45) is 0 Å². The van der Waals surface area contributed by atoms with Crippen LogP contribution in [0.2, 0.25) is 0 Å². The van der Waals surface area contributed by atoms with Gasteiger partial charge in [-0.25, -0.2) is 0 Å². The molecule has 0 aliphatic carbocycles. The molecule has 18 heavy (non-hydrogen) atoms. The summed E-state index contributed by atoms with van der Waals surface area (Å²) in [7, 11) is 0. The molecule has 1 aromatic rings. The lowest BCUT2D eigenvalue weighted by atomic mass is 10.1. The maximum atomic E-state index is 2.68. The molecule has 1 atom stereocenters. The highest BCUT2D eigenvalue weighted by molar-refractivity contribution is 7.98. The number of benzene rings is 1. The van der Waals surface area contributed by atoms with Gasteiger partial charge in [0.15, 0.2) is 0 Å². The van der Waals surface area contributed by atoms with Crippen LogP contribution in [0.1, 0.15) is 18.4 Å². The predicted molar refractivity (Wildman–Crippen MR) is 78.1 cm³/mol. The van der Waals surface area contributed by atoms with E-state index in [1.807, 2.05) is 11.8 Å². The Balaban J connectivity index is 1.62. The summed E-state index contributed by atoms with van der Waals surface area (Å²) in [6.45, 7) is 6.23. The van der Waals surface area contributed by atoms with Crippen molar-refractivity contribution in [3.05, 3.63) is 29.8 Å². The minimum Gasteiger partial charge on any atom is -0.298 e. The molecule has 0 aromatic heterocycles. The number of rotatable bonds is 3. The van der Waals surface area contributed by atoms with Gasteiger partial charge >= 0.3 is 0 Å². The van der Waals surface area contributed by atoms with Crippen molar-refractivity contribution in [3.8, 4) is 0 Å². The highest BCUT2D eigenvalue weighted by Crippen LogP contribution is 2.23. The highest BCUT2D eigenvalue weighted by atomic mass is 32.2. The van der Waals surface area contributed by atoms with E-state index in [0.29, 0.717) is 0 Å². The van der Waals surface area contributed by atoms with Gasteiger partial charge in [0, 0.05) is 37.1 Å². The molecule has 0 amide bonds. The maximum Gasteiger partial charge on any atom is 0.0235 e.